The molecule has 4 aromatic rings. The zero-order chi connectivity index (χ0) is 33.3. The van der Waals surface area contributed by atoms with Crippen molar-refractivity contribution in [1.29, 1.82) is 0 Å². The summed E-state index contributed by atoms with van der Waals surface area (Å²) >= 11 is 13.9. The summed E-state index contributed by atoms with van der Waals surface area (Å²) in [6.45, 7) is 5.26. The van der Waals surface area contributed by atoms with Gasteiger partial charge >= 0.3 is 0 Å². The average Bonchev–Trinajstić information content (AvgIpc) is 3.77. The molecule has 0 unspecified atom stereocenters. The lowest BCUT2D eigenvalue weighted by molar-refractivity contribution is -0.135. The van der Waals surface area contributed by atoms with Crippen LogP contribution in [0.25, 0.3) is 22.0 Å². The number of ether oxygens (including phenoxy) is 1. The van der Waals surface area contributed by atoms with Crippen LogP contribution < -0.4 is 16.4 Å². The highest BCUT2D eigenvalue weighted by Crippen LogP contribution is 2.52. The molecule has 1 spiro atoms. The van der Waals surface area contributed by atoms with Gasteiger partial charge in [-0.2, -0.15) is 0 Å². The first kappa shape index (κ1) is 33.2. The molecule has 9 nitrogen and oxygen atoms in total. The molecule has 2 amide bonds. The molecule has 2 saturated heterocycles. The van der Waals surface area contributed by atoms with E-state index in [1.165, 1.54) is 11.3 Å². The van der Waals surface area contributed by atoms with Crippen molar-refractivity contribution in [1.82, 2.24) is 25.1 Å². The summed E-state index contributed by atoms with van der Waals surface area (Å²) in [5.41, 5.74) is 13.2. The molecule has 2 aliphatic heterocycles. The van der Waals surface area contributed by atoms with Gasteiger partial charge < -0.3 is 30.6 Å². The molecule has 0 atom stereocenters. The maximum atomic E-state index is 13.3. The third-order valence-corrected chi connectivity index (χ3v) is 11.8. The van der Waals surface area contributed by atoms with Gasteiger partial charge in [0.05, 0.1) is 16.0 Å². The zero-order valence-electron chi connectivity index (χ0n) is 26.9. The van der Waals surface area contributed by atoms with E-state index >= 15 is 0 Å². The van der Waals surface area contributed by atoms with Crippen molar-refractivity contribution in [3.63, 3.8) is 0 Å². The summed E-state index contributed by atoms with van der Waals surface area (Å²) in [6.07, 6.45) is 8.07. The van der Waals surface area contributed by atoms with Crippen LogP contribution >= 0.6 is 35.2 Å². The van der Waals surface area contributed by atoms with Gasteiger partial charge in [-0.1, -0.05) is 54.2 Å². The van der Waals surface area contributed by atoms with E-state index in [-0.39, 0.29) is 29.2 Å². The number of hydrogen-bond donors (Lipinski definition) is 3. The van der Waals surface area contributed by atoms with Gasteiger partial charge in [-0.05, 0) is 74.2 Å². The van der Waals surface area contributed by atoms with E-state index < -0.39 is 0 Å². The smallest absolute Gasteiger partial charge is 0.270 e. The van der Waals surface area contributed by atoms with Gasteiger partial charge in [-0.25, -0.2) is 4.98 Å². The Kier molecular flexibility index (Phi) is 9.84. The van der Waals surface area contributed by atoms with Crippen molar-refractivity contribution in [3.8, 4) is 11.1 Å². The summed E-state index contributed by atoms with van der Waals surface area (Å²) in [5.74, 6) is 0.0325. The average molecular weight is 705 g/mol. The highest BCUT2D eigenvalue weighted by atomic mass is 35.5. The second-order valence-corrected chi connectivity index (χ2v) is 15.0. The summed E-state index contributed by atoms with van der Waals surface area (Å²) in [7, 11) is 0. The number of carbonyl (C=O) groups excluding carboxylic acids is 2. The van der Waals surface area contributed by atoms with Gasteiger partial charge in [0.25, 0.3) is 5.91 Å². The summed E-state index contributed by atoms with van der Waals surface area (Å²) in [6, 6.07) is 12.5. The first-order valence-electron chi connectivity index (χ1n) is 16.8. The zero-order valence-corrected chi connectivity index (χ0v) is 29.3. The Hall–Kier alpha value is -3.35. The van der Waals surface area contributed by atoms with Gasteiger partial charge in [0.1, 0.15) is 10.7 Å². The minimum atomic E-state index is -0.115. The number of fused-ring (bicyclic) bond motifs is 1. The van der Waals surface area contributed by atoms with E-state index in [0.29, 0.717) is 28.8 Å². The number of benzene rings is 2. The van der Waals surface area contributed by atoms with Crippen LogP contribution in [0, 0.1) is 11.3 Å². The molecule has 2 aromatic carbocycles. The van der Waals surface area contributed by atoms with E-state index in [1.807, 2.05) is 24.3 Å². The number of likely N-dealkylation sites (tertiary alicyclic amines) is 1. The van der Waals surface area contributed by atoms with Crippen LogP contribution in [-0.4, -0.2) is 70.6 Å². The molecule has 1 saturated carbocycles. The molecule has 3 aliphatic rings. The van der Waals surface area contributed by atoms with Crippen molar-refractivity contribution in [2.24, 2.45) is 17.1 Å². The number of thiazole rings is 1. The van der Waals surface area contributed by atoms with Crippen molar-refractivity contribution >= 4 is 62.9 Å². The Morgan fingerprint density at radius 1 is 1.12 bits per heavy atom. The number of carbonyl (C=O) groups is 2. The Morgan fingerprint density at radius 2 is 1.92 bits per heavy atom. The van der Waals surface area contributed by atoms with E-state index in [9.17, 15) is 9.59 Å². The Morgan fingerprint density at radius 3 is 2.65 bits per heavy atom. The quantitative estimate of drug-likeness (QED) is 0.175. The van der Waals surface area contributed by atoms with Crippen LogP contribution in [0.1, 0.15) is 66.2 Å². The number of nitrogens with two attached hydrogens (primary N) is 1. The Labute approximate surface area is 295 Å². The van der Waals surface area contributed by atoms with Crippen LogP contribution in [0.2, 0.25) is 5.02 Å². The molecule has 4 heterocycles. The fraction of sp³-hybridized carbons (Fsp3) is 0.444. The van der Waals surface area contributed by atoms with Crippen molar-refractivity contribution in [2.45, 2.75) is 51.1 Å². The lowest BCUT2D eigenvalue weighted by Gasteiger charge is -2.51. The number of amides is 2. The van der Waals surface area contributed by atoms with E-state index in [1.54, 1.807) is 10.9 Å². The van der Waals surface area contributed by atoms with Crippen LogP contribution in [0.5, 0.6) is 0 Å². The number of aromatic nitrogens is 2. The number of piperidine rings is 1. The largest absolute Gasteiger partial charge is 0.389 e. The number of rotatable bonds is 10. The number of halogens is 1. The topological polar surface area (TPSA) is 115 Å². The highest BCUT2D eigenvalue weighted by Gasteiger charge is 2.48. The van der Waals surface area contributed by atoms with Crippen LogP contribution in [0.3, 0.4) is 0 Å². The summed E-state index contributed by atoms with van der Waals surface area (Å²) in [5, 5.41) is 9.68. The third kappa shape index (κ3) is 6.89. The van der Waals surface area contributed by atoms with Crippen molar-refractivity contribution in [2.75, 3.05) is 39.4 Å². The number of hydrogen-bond acceptors (Lipinski definition) is 7. The SMILES string of the molecule is NC(=S)c1cccc(-c2cn(C3CCOCC3)c3c(Cl)c(CNC(=O)C4CC5(CCN(CCNC(=O)c6cscn6)CC5)C4)ccc23)c1. The summed E-state index contributed by atoms with van der Waals surface area (Å²) < 4.78 is 7.98. The number of nitrogens with zero attached hydrogens (tertiary/aromatic N) is 3. The maximum absolute atomic E-state index is 13.3. The van der Waals surface area contributed by atoms with E-state index in [4.69, 9.17) is 34.3 Å². The first-order valence-corrected chi connectivity index (χ1v) is 18.5. The molecule has 4 N–H and O–H groups in total. The predicted octanol–water partition coefficient (Wildman–Crippen LogP) is 5.94. The van der Waals surface area contributed by atoms with Crippen molar-refractivity contribution < 1.29 is 14.3 Å². The second-order valence-electron chi connectivity index (χ2n) is 13.5. The van der Waals surface area contributed by atoms with Crippen LogP contribution in [-0.2, 0) is 16.1 Å². The molecule has 1 aliphatic carbocycles. The molecule has 7 rings (SSSR count). The van der Waals surface area contributed by atoms with Gasteiger partial charge in [0.15, 0.2) is 0 Å². The number of thiocarbonyl (C=S) groups is 1. The fourth-order valence-corrected chi connectivity index (χ4v) is 8.70. The normalized spacial score (nSPS) is 18.5. The molecule has 2 aromatic heterocycles. The first-order chi connectivity index (χ1) is 23.3. The molecule has 12 heteroatoms. The maximum Gasteiger partial charge on any atom is 0.270 e. The number of nitrogens with one attached hydrogen (secondary N) is 2. The highest BCUT2D eigenvalue weighted by molar-refractivity contribution is 7.80. The molecule has 0 radical (unpaired) electrons. The van der Waals surface area contributed by atoms with Gasteiger partial charge in [0.2, 0.25) is 5.91 Å². The molecular weight excluding hydrogens is 664 g/mol. The standard InChI is InChI=1S/C36H41ClN6O3S2/c37-31-25(4-5-28-29(23-2-1-3-24(16-23)33(38)47)20-43(32(28)31)27-6-14-46-15-7-27)19-40-34(44)26-17-36(18-26)8-11-42(12-9-36)13-10-39-35(45)30-21-48-22-41-30/h1-5,16,20-22,26-27H,6-15,17-19H2,(H2,38,47)(H,39,45)(H,40,44). The fourth-order valence-electron chi connectivity index (χ4n) is 7.71. The van der Waals surface area contributed by atoms with E-state index in [2.05, 4.69) is 43.4 Å². The lowest BCUT2D eigenvalue weighted by atomic mass is 9.57. The molecular formula is C36H41ClN6O3S2. The van der Waals surface area contributed by atoms with Gasteiger partial charge in [0, 0.05) is 72.9 Å². The lowest BCUT2D eigenvalue weighted by Crippen LogP contribution is -2.51. The second kappa shape index (κ2) is 14.2. The van der Waals surface area contributed by atoms with Gasteiger partial charge in [-0.3, -0.25) is 9.59 Å². The minimum absolute atomic E-state index is 0.0371. The molecule has 3 fully saturated rings. The van der Waals surface area contributed by atoms with E-state index in [0.717, 1.165) is 105 Å². The molecule has 252 valence electrons. The summed E-state index contributed by atoms with van der Waals surface area (Å²) in [4.78, 5) is 32.3. The monoisotopic (exact) mass is 704 g/mol. The Balaban J connectivity index is 0.970. The third-order valence-electron chi connectivity index (χ3n) is 10.5. The van der Waals surface area contributed by atoms with Crippen molar-refractivity contribution in [3.05, 3.63) is 75.3 Å². The van der Waals surface area contributed by atoms with Crippen LogP contribution in [0.4, 0.5) is 0 Å². The molecule has 0 bridgehead atoms. The minimum Gasteiger partial charge on any atom is -0.389 e. The Bertz CT molecular complexity index is 1800. The predicted molar refractivity (Wildman–Crippen MR) is 194 cm³/mol. The molecule has 48 heavy (non-hydrogen) atoms. The van der Waals surface area contributed by atoms with Gasteiger partial charge in [-0.15, -0.1) is 11.3 Å². The van der Waals surface area contributed by atoms with Crippen LogP contribution in [0.15, 0.2) is 53.5 Å².